The summed E-state index contributed by atoms with van der Waals surface area (Å²) in [6.45, 7) is 6.43. The third kappa shape index (κ3) is 5.55. The van der Waals surface area contributed by atoms with Crippen LogP contribution in [0.25, 0.3) is 33.3 Å². The van der Waals surface area contributed by atoms with E-state index in [1.165, 1.54) is 21.3 Å². The zero-order valence-corrected chi connectivity index (χ0v) is 26.2. The Hall–Kier alpha value is -4.28. The number of aromatic nitrogens is 2. The molecule has 0 saturated carbocycles. The third-order valence-corrected chi connectivity index (χ3v) is 8.40. The second-order valence-corrected chi connectivity index (χ2v) is 10.9. The molecule has 1 aliphatic heterocycles. The first-order chi connectivity index (χ1) is 21.1. The first kappa shape index (κ1) is 31.2. The van der Waals surface area contributed by atoms with Crippen LogP contribution in [0.1, 0.15) is 13.3 Å². The standard InChI is InChI=1S/C32H31Cl2FN4O5/c1-6-28(40)37-22-11-19(25(42-3)13-24(22)38-9-8-18(35)16-38)21-12-23-17(15-36-21)10-20(32(41)39(23)7-2)29-30(33)26(43-4)14-27(44-5)31(29)34/h6,10-15,18H,1,7-9,16H2,2-5H3,(H,37,40). The molecule has 3 heterocycles. The van der Waals surface area contributed by atoms with Crippen LogP contribution < -0.4 is 30.0 Å². The molecule has 2 aromatic carbocycles. The lowest BCUT2D eigenvalue weighted by Crippen LogP contribution is -2.22. The fraction of sp³-hybridized carbons (Fsp3) is 0.281. The molecule has 9 nitrogen and oxygen atoms in total. The molecule has 1 fully saturated rings. The summed E-state index contributed by atoms with van der Waals surface area (Å²) >= 11 is 13.3. The maximum Gasteiger partial charge on any atom is 0.259 e. The van der Waals surface area contributed by atoms with E-state index in [-0.39, 0.29) is 27.7 Å². The van der Waals surface area contributed by atoms with Crippen LogP contribution in [0.5, 0.6) is 17.2 Å². The number of nitrogens with zero attached hydrogens (tertiary/aromatic N) is 3. The highest BCUT2D eigenvalue weighted by Gasteiger charge is 2.27. The Bertz CT molecular complexity index is 1820. The highest BCUT2D eigenvalue weighted by atomic mass is 35.5. The molecule has 1 aliphatic rings. The van der Waals surface area contributed by atoms with Crippen molar-refractivity contribution in [3.05, 3.63) is 69.6 Å². The molecule has 44 heavy (non-hydrogen) atoms. The number of rotatable bonds is 9. The van der Waals surface area contributed by atoms with E-state index in [1.807, 2.05) is 11.8 Å². The molecule has 1 amide bonds. The number of amides is 1. The number of nitrogens with one attached hydrogen (secondary N) is 1. The number of hydrogen-bond acceptors (Lipinski definition) is 7. The predicted octanol–water partition coefficient (Wildman–Crippen LogP) is 6.76. The smallest absolute Gasteiger partial charge is 0.259 e. The summed E-state index contributed by atoms with van der Waals surface area (Å²) < 4.78 is 32.3. The fourth-order valence-electron chi connectivity index (χ4n) is 5.45. The van der Waals surface area contributed by atoms with Crippen LogP contribution in [0.2, 0.25) is 10.0 Å². The molecule has 1 unspecified atom stereocenters. The van der Waals surface area contributed by atoms with Crippen LogP contribution in [0, 0.1) is 0 Å². The summed E-state index contributed by atoms with van der Waals surface area (Å²) in [5.74, 6) is 0.674. The second-order valence-electron chi connectivity index (χ2n) is 10.1. The van der Waals surface area contributed by atoms with E-state index in [9.17, 15) is 14.0 Å². The summed E-state index contributed by atoms with van der Waals surface area (Å²) in [6.07, 6.45) is 2.23. The minimum atomic E-state index is -0.968. The van der Waals surface area contributed by atoms with Crippen molar-refractivity contribution in [1.29, 1.82) is 0 Å². The number of fused-ring (bicyclic) bond motifs is 1. The van der Waals surface area contributed by atoms with Crippen molar-refractivity contribution >= 4 is 51.4 Å². The average molecular weight is 642 g/mol. The monoisotopic (exact) mass is 640 g/mol. The number of aryl methyl sites for hydroxylation is 1. The van der Waals surface area contributed by atoms with Gasteiger partial charge in [-0.3, -0.25) is 14.6 Å². The second kappa shape index (κ2) is 12.8. The van der Waals surface area contributed by atoms with Gasteiger partial charge in [0.25, 0.3) is 5.56 Å². The minimum absolute atomic E-state index is 0.179. The van der Waals surface area contributed by atoms with Crippen LogP contribution in [0.4, 0.5) is 15.8 Å². The number of carbonyl (C=O) groups is 1. The molecule has 1 saturated heterocycles. The average Bonchev–Trinajstić information content (AvgIpc) is 3.46. The number of hydrogen-bond donors (Lipinski definition) is 1. The summed E-state index contributed by atoms with van der Waals surface area (Å²) in [5.41, 5.74) is 2.97. The Morgan fingerprint density at radius 2 is 1.75 bits per heavy atom. The molecule has 5 rings (SSSR count). The number of halogens is 3. The zero-order chi connectivity index (χ0) is 31.7. The molecule has 2 aromatic heterocycles. The first-order valence-electron chi connectivity index (χ1n) is 13.8. The Balaban J connectivity index is 1.71. The van der Waals surface area contributed by atoms with E-state index >= 15 is 0 Å². The topological polar surface area (TPSA) is 94.9 Å². The van der Waals surface area contributed by atoms with Gasteiger partial charge in [0.2, 0.25) is 5.91 Å². The van der Waals surface area contributed by atoms with E-state index < -0.39 is 12.1 Å². The van der Waals surface area contributed by atoms with Gasteiger partial charge in [-0.15, -0.1) is 0 Å². The number of ether oxygens (including phenoxy) is 3. The van der Waals surface area contributed by atoms with Crippen LogP contribution in [0.3, 0.4) is 0 Å². The van der Waals surface area contributed by atoms with Crippen molar-refractivity contribution in [1.82, 2.24) is 9.55 Å². The van der Waals surface area contributed by atoms with Gasteiger partial charge in [0, 0.05) is 54.5 Å². The zero-order valence-electron chi connectivity index (χ0n) is 24.7. The van der Waals surface area contributed by atoms with Crippen molar-refractivity contribution < 1.29 is 23.4 Å². The van der Waals surface area contributed by atoms with Gasteiger partial charge < -0.3 is 29.0 Å². The molecule has 0 radical (unpaired) electrons. The highest BCUT2D eigenvalue weighted by molar-refractivity contribution is 6.41. The molecule has 1 atom stereocenters. The van der Waals surface area contributed by atoms with Crippen LogP contribution in [-0.2, 0) is 11.3 Å². The van der Waals surface area contributed by atoms with E-state index in [2.05, 4.69) is 11.9 Å². The number of carbonyl (C=O) groups excluding carboxylic acids is 1. The molecule has 0 bridgehead atoms. The summed E-state index contributed by atoms with van der Waals surface area (Å²) in [7, 11) is 4.46. The normalized spacial score (nSPS) is 14.5. The van der Waals surface area contributed by atoms with E-state index in [0.29, 0.717) is 75.9 Å². The van der Waals surface area contributed by atoms with Gasteiger partial charge >= 0.3 is 0 Å². The Morgan fingerprint density at radius 3 is 2.32 bits per heavy atom. The Kier molecular flexibility index (Phi) is 9.03. The van der Waals surface area contributed by atoms with Crippen LogP contribution >= 0.6 is 23.2 Å². The Labute approximate surface area is 263 Å². The number of anilines is 2. The number of alkyl halides is 1. The van der Waals surface area contributed by atoms with Crippen molar-refractivity contribution in [2.75, 3.05) is 44.6 Å². The maximum absolute atomic E-state index is 14.1. The lowest BCUT2D eigenvalue weighted by Gasteiger charge is -2.24. The largest absolute Gasteiger partial charge is 0.496 e. The summed E-state index contributed by atoms with van der Waals surface area (Å²) in [4.78, 5) is 32.9. The SMILES string of the molecule is C=CC(=O)Nc1cc(-c2cc3c(cn2)cc(-c2c(Cl)c(OC)cc(OC)c2Cl)c(=O)n3CC)c(OC)cc1N1CCC(F)C1. The van der Waals surface area contributed by atoms with Crippen molar-refractivity contribution in [3.8, 4) is 39.6 Å². The molecule has 0 aliphatic carbocycles. The molecule has 1 N–H and O–H groups in total. The lowest BCUT2D eigenvalue weighted by atomic mass is 10.0. The van der Waals surface area contributed by atoms with Crippen LogP contribution in [0.15, 0.2) is 54.0 Å². The molecule has 230 valence electrons. The molecule has 4 aromatic rings. The lowest BCUT2D eigenvalue weighted by molar-refractivity contribution is -0.111. The van der Waals surface area contributed by atoms with Crippen molar-refractivity contribution in [3.63, 3.8) is 0 Å². The van der Waals surface area contributed by atoms with Crippen LogP contribution in [-0.4, -0.2) is 56.0 Å². The van der Waals surface area contributed by atoms with E-state index in [4.69, 9.17) is 42.4 Å². The van der Waals surface area contributed by atoms with Crippen molar-refractivity contribution in [2.24, 2.45) is 0 Å². The minimum Gasteiger partial charge on any atom is -0.496 e. The van der Waals surface area contributed by atoms with Gasteiger partial charge in [-0.25, -0.2) is 4.39 Å². The molecule has 12 heteroatoms. The first-order valence-corrected chi connectivity index (χ1v) is 14.6. The molecular weight excluding hydrogens is 610 g/mol. The maximum atomic E-state index is 14.1. The van der Waals surface area contributed by atoms with Gasteiger partial charge in [0.1, 0.15) is 23.4 Å². The fourth-order valence-corrected chi connectivity index (χ4v) is 6.16. The number of pyridine rings is 2. The number of benzene rings is 2. The van der Waals surface area contributed by atoms with E-state index in [1.54, 1.807) is 41.1 Å². The Morgan fingerprint density at radius 1 is 1.07 bits per heavy atom. The quantitative estimate of drug-likeness (QED) is 0.202. The van der Waals surface area contributed by atoms with Gasteiger partial charge in [-0.1, -0.05) is 29.8 Å². The van der Waals surface area contributed by atoms with Gasteiger partial charge in [0.15, 0.2) is 0 Å². The predicted molar refractivity (Wildman–Crippen MR) is 173 cm³/mol. The molecular formula is C32H31Cl2FN4O5. The van der Waals surface area contributed by atoms with E-state index in [0.717, 1.165) is 6.08 Å². The summed E-state index contributed by atoms with van der Waals surface area (Å²) in [6, 6.07) is 8.52. The van der Waals surface area contributed by atoms with Gasteiger partial charge in [0.05, 0.1) is 59.5 Å². The van der Waals surface area contributed by atoms with Gasteiger partial charge in [-0.2, -0.15) is 0 Å². The van der Waals surface area contributed by atoms with Crippen molar-refractivity contribution in [2.45, 2.75) is 26.1 Å². The number of methoxy groups -OCH3 is 3. The third-order valence-electron chi connectivity index (χ3n) is 7.65. The van der Waals surface area contributed by atoms with Gasteiger partial charge in [-0.05, 0) is 37.6 Å². The highest BCUT2D eigenvalue weighted by Crippen LogP contribution is 2.46. The molecule has 0 spiro atoms. The summed E-state index contributed by atoms with van der Waals surface area (Å²) in [5, 5.41) is 3.84.